The summed E-state index contributed by atoms with van der Waals surface area (Å²) >= 11 is 5.10. The molecule has 0 bridgehead atoms. The van der Waals surface area contributed by atoms with Gasteiger partial charge in [-0.3, -0.25) is 0 Å². The lowest BCUT2D eigenvalue weighted by Crippen LogP contribution is -1.67. The number of allylic oxidation sites excluding steroid dienone is 3. The third kappa shape index (κ3) is 2.31. The Labute approximate surface area is 79.4 Å². The van der Waals surface area contributed by atoms with Crippen molar-refractivity contribution >= 4 is 32.8 Å². The van der Waals surface area contributed by atoms with E-state index >= 15 is 0 Å². The molecule has 1 heterocycles. The molecule has 0 aromatic carbocycles. The van der Waals surface area contributed by atoms with Crippen LogP contribution in [0, 0.1) is 0 Å². The first-order chi connectivity index (χ1) is 5.24. The zero-order chi connectivity index (χ0) is 8.27. The van der Waals surface area contributed by atoms with E-state index in [1.165, 1.54) is 4.88 Å². The molecule has 0 aliphatic carbocycles. The van der Waals surface area contributed by atoms with Gasteiger partial charge >= 0.3 is 0 Å². The summed E-state index contributed by atoms with van der Waals surface area (Å²) in [7, 11) is 0. The maximum Gasteiger partial charge on any atom is 0.0348 e. The molecule has 1 aromatic heterocycles. The van der Waals surface area contributed by atoms with E-state index in [1.54, 1.807) is 11.3 Å². The molecule has 1 aromatic rings. The van der Waals surface area contributed by atoms with Crippen molar-refractivity contribution in [2.75, 3.05) is 0 Å². The van der Waals surface area contributed by atoms with Crippen molar-refractivity contribution < 1.29 is 0 Å². The first kappa shape index (κ1) is 8.75. The van der Waals surface area contributed by atoms with Crippen molar-refractivity contribution in [2.24, 2.45) is 0 Å². The molecule has 0 aliphatic rings. The fourth-order valence-corrected chi connectivity index (χ4v) is 2.15. The van der Waals surface area contributed by atoms with Gasteiger partial charge in [0.05, 0.1) is 0 Å². The molecule has 0 spiro atoms. The molecule has 58 valence electrons. The number of thiophene rings is 1. The van der Waals surface area contributed by atoms with E-state index in [1.807, 2.05) is 19.1 Å². The molecule has 0 fully saturated rings. The van der Waals surface area contributed by atoms with Crippen molar-refractivity contribution in [1.82, 2.24) is 0 Å². The SMILES string of the molecule is C=C(/C=C\C)c1cc(Br)cs1. The highest BCUT2D eigenvalue weighted by Gasteiger charge is 1.97. The second kappa shape index (κ2) is 3.88. The Morgan fingerprint density at radius 2 is 2.45 bits per heavy atom. The minimum atomic E-state index is 1.07. The number of hydrogen-bond donors (Lipinski definition) is 0. The summed E-state index contributed by atoms with van der Waals surface area (Å²) in [5.41, 5.74) is 1.07. The van der Waals surface area contributed by atoms with E-state index in [4.69, 9.17) is 0 Å². The van der Waals surface area contributed by atoms with Gasteiger partial charge in [0.1, 0.15) is 0 Å². The molecule has 0 amide bonds. The van der Waals surface area contributed by atoms with Crippen LogP contribution in [0.15, 0.2) is 34.7 Å². The van der Waals surface area contributed by atoms with Crippen LogP contribution in [0.25, 0.3) is 5.57 Å². The van der Waals surface area contributed by atoms with Crippen LogP contribution < -0.4 is 0 Å². The van der Waals surface area contributed by atoms with E-state index in [-0.39, 0.29) is 0 Å². The minimum Gasteiger partial charge on any atom is -0.143 e. The van der Waals surface area contributed by atoms with E-state index < -0.39 is 0 Å². The standard InChI is InChI=1S/C9H9BrS/c1-3-4-7(2)9-5-8(10)6-11-9/h3-6H,2H2,1H3/b4-3-. The quantitative estimate of drug-likeness (QED) is 0.669. The number of rotatable bonds is 2. The largest absolute Gasteiger partial charge is 0.143 e. The van der Waals surface area contributed by atoms with Gasteiger partial charge < -0.3 is 0 Å². The highest BCUT2D eigenvalue weighted by Crippen LogP contribution is 2.25. The predicted octanol–water partition coefficient (Wildman–Crippen LogP) is 4.10. The lowest BCUT2D eigenvalue weighted by atomic mass is 10.2. The van der Waals surface area contributed by atoms with Crippen LogP contribution in [-0.2, 0) is 0 Å². The average Bonchev–Trinajstić information content (AvgIpc) is 2.36. The lowest BCUT2D eigenvalue weighted by molar-refractivity contribution is 1.73. The van der Waals surface area contributed by atoms with Crippen LogP contribution >= 0.6 is 27.3 Å². The third-order valence-corrected chi connectivity index (χ3v) is 3.02. The molecule has 0 nitrogen and oxygen atoms in total. The van der Waals surface area contributed by atoms with E-state index in [0.29, 0.717) is 0 Å². The zero-order valence-corrected chi connectivity index (χ0v) is 8.71. The first-order valence-electron chi connectivity index (χ1n) is 3.30. The van der Waals surface area contributed by atoms with Crippen LogP contribution in [0.5, 0.6) is 0 Å². The summed E-state index contributed by atoms with van der Waals surface area (Å²) in [4.78, 5) is 1.22. The van der Waals surface area contributed by atoms with Gasteiger partial charge in [0.15, 0.2) is 0 Å². The molecule has 0 atom stereocenters. The smallest absolute Gasteiger partial charge is 0.0348 e. The maximum absolute atomic E-state index is 3.93. The van der Waals surface area contributed by atoms with Gasteiger partial charge in [-0.2, -0.15) is 0 Å². The summed E-state index contributed by atoms with van der Waals surface area (Å²) in [5.74, 6) is 0. The van der Waals surface area contributed by atoms with Gasteiger partial charge in [0.2, 0.25) is 0 Å². The Bertz CT molecular complexity index is 284. The molecule has 0 aliphatic heterocycles. The van der Waals surface area contributed by atoms with E-state index in [0.717, 1.165) is 10.0 Å². The summed E-state index contributed by atoms with van der Waals surface area (Å²) in [6.45, 7) is 5.92. The highest BCUT2D eigenvalue weighted by molar-refractivity contribution is 9.10. The maximum atomic E-state index is 3.93. The Morgan fingerprint density at radius 1 is 1.73 bits per heavy atom. The molecule has 1 rings (SSSR count). The Balaban J connectivity index is 2.85. The summed E-state index contributed by atoms with van der Waals surface area (Å²) in [6, 6.07) is 2.08. The monoisotopic (exact) mass is 228 g/mol. The zero-order valence-electron chi connectivity index (χ0n) is 6.30. The summed E-state index contributed by atoms with van der Waals surface area (Å²) in [6.07, 6.45) is 4.01. The highest BCUT2D eigenvalue weighted by atomic mass is 79.9. The van der Waals surface area contributed by atoms with Crippen molar-refractivity contribution in [3.8, 4) is 0 Å². The second-order valence-corrected chi connectivity index (χ2v) is 3.98. The lowest BCUT2D eigenvalue weighted by Gasteiger charge is -1.91. The Hall–Kier alpha value is -0.340. The van der Waals surface area contributed by atoms with Crippen LogP contribution in [0.4, 0.5) is 0 Å². The predicted molar refractivity (Wildman–Crippen MR) is 55.9 cm³/mol. The normalized spacial score (nSPS) is 10.7. The number of halogens is 1. The van der Waals surface area contributed by atoms with Gasteiger partial charge in [-0.25, -0.2) is 0 Å². The van der Waals surface area contributed by atoms with Crippen LogP contribution in [0.3, 0.4) is 0 Å². The van der Waals surface area contributed by atoms with Gasteiger partial charge in [-0.15, -0.1) is 11.3 Å². The van der Waals surface area contributed by atoms with Gasteiger partial charge in [0, 0.05) is 14.7 Å². The molecule has 0 saturated carbocycles. The molecule has 0 N–H and O–H groups in total. The first-order valence-corrected chi connectivity index (χ1v) is 4.97. The Morgan fingerprint density at radius 3 is 2.91 bits per heavy atom. The van der Waals surface area contributed by atoms with Crippen LogP contribution in [0.1, 0.15) is 11.8 Å². The molecule has 0 saturated heterocycles. The fraction of sp³-hybridized carbons (Fsp3) is 0.111. The summed E-state index contributed by atoms with van der Waals surface area (Å²) in [5, 5.41) is 2.06. The van der Waals surface area contributed by atoms with Crippen molar-refractivity contribution in [1.29, 1.82) is 0 Å². The molecule has 11 heavy (non-hydrogen) atoms. The minimum absolute atomic E-state index is 1.07. The second-order valence-electron chi connectivity index (χ2n) is 2.15. The van der Waals surface area contributed by atoms with Crippen molar-refractivity contribution in [2.45, 2.75) is 6.92 Å². The molecule has 0 radical (unpaired) electrons. The van der Waals surface area contributed by atoms with Crippen LogP contribution in [-0.4, -0.2) is 0 Å². The van der Waals surface area contributed by atoms with Crippen molar-refractivity contribution in [3.63, 3.8) is 0 Å². The fourth-order valence-electron chi connectivity index (χ4n) is 0.765. The topological polar surface area (TPSA) is 0 Å². The average molecular weight is 229 g/mol. The molecule has 0 unspecified atom stereocenters. The Kier molecular flexibility index (Phi) is 3.09. The van der Waals surface area contributed by atoms with Gasteiger partial charge in [-0.1, -0.05) is 18.7 Å². The van der Waals surface area contributed by atoms with Gasteiger partial charge in [0.25, 0.3) is 0 Å². The number of hydrogen-bond acceptors (Lipinski definition) is 1. The van der Waals surface area contributed by atoms with Gasteiger partial charge in [-0.05, 0) is 34.5 Å². The molecular formula is C9H9BrS. The molecular weight excluding hydrogens is 220 g/mol. The molecule has 2 heteroatoms. The summed E-state index contributed by atoms with van der Waals surface area (Å²) < 4.78 is 1.13. The van der Waals surface area contributed by atoms with E-state index in [9.17, 15) is 0 Å². The van der Waals surface area contributed by atoms with Crippen molar-refractivity contribution in [3.05, 3.63) is 39.5 Å². The third-order valence-electron chi connectivity index (χ3n) is 1.25. The van der Waals surface area contributed by atoms with E-state index in [2.05, 4.69) is 34.0 Å². The van der Waals surface area contributed by atoms with Crippen LogP contribution in [0.2, 0.25) is 0 Å².